The number of anilines is 1. The molecule has 1 aliphatic rings. The van der Waals surface area contributed by atoms with E-state index < -0.39 is 5.91 Å². The summed E-state index contributed by atoms with van der Waals surface area (Å²) in [5, 5.41) is 8.37. The molecule has 1 unspecified atom stereocenters. The molecule has 1 aliphatic heterocycles. The molecule has 3 rings (SSSR count). The smallest absolute Gasteiger partial charge is 0.293 e. The van der Waals surface area contributed by atoms with E-state index in [4.69, 9.17) is 21.4 Å². The second-order valence-electron chi connectivity index (χ2n) is 5.94. The Labute approximate surface area is 170 Å². The number of benzene rings is 1. The molecule has 0 bridgehead atoms. The van der Waals surface area contributed by atoms with Gasteiger partial charge in [0.25, 0.3) is 11.8 Å². The Kier molecular flexibility index (Phi) is 6.59. The maximum absolute atomic E-state index is 12.3. The summed E-state index contributed by atoms with van der Waals surface area (Å²) in [6, 6.07) is 9.99. The van der Waals surface area contributed by atoms with Gasteiger partial charge in [-0.2, -0.15) is 0 Å². The number of halogens is 1. The molecule has 9 heteroatoms. The molecule has 2 aromatic rings. The zero-order chi connectivity index (χ0) is 19.2. The molecule has 1 aromatic carbocycles. The van der Waals surface area contributed by atoms with Gasteiger partial charge in [0.05, 0.1) is 6.10 Å². The predicted octanol–water partition coefficient (Wildman–Crippen LogP) is 3.08. The number of furan rings is 1. The molecular weight excluding hydrogens is 434 g/mol. The highest BCUT2D eigenvalue weighted by molar-refractivity contribution is 9.10. The molecule has 0 saturated carbocycles. The number of ether oxygens (including phenoxy) is 1. The summed E-state index contributed by atoms with van der Waals surface area (Å²) in [6.45, 7) is 1.24. The van der Waals surface area contributed by atoms with Crippen LogP contribution in [0.25, 0.3) is 0 Å². The van der Waals surface area contributed by atoms with Gasteiger partial charge in [-0.25, -0.2) is 0 Å². The standard InChI is InChI=1S/C18H18BrN3O4S/c19-15-7-6-14(26-15)17(24)22-18(27)21-12-4-1-3-11(9-12)16(23)20-10-13-5-2-8-25-13/h1,3-4,6-7,9,13H,2,5,8,10H2,(H,20,23)(H2,21,22,24,27). The number of carbonyl (C=O) groups excluding carboxylic acids is 2. The van der Waals surface area contributed by atoms with Crippen LogP contribution in [0.15, 0.2) is 45.5 Å². The average molecular weight is 452 g/mol. The van der Waals surface area contributed by atoms with Crippen LogP contribution < -0.4 is 16.0 Å². The summed E-state index contributed by atoms with van der Waals surface area (Å²) < 4.78 is 11.1. The fourth-order valence-electron chi connectivity index (χ4n) is 2.62. The number of amides is 2. The predicted molar refractivity (Wildman–Crippen MR) is 108 cm³/mol. The number of hydrogen-bond acceptors (Lipinski definition) is 5. The van der Waals surface area contributed by atoms with E-state index in [1.54, 1.807) is 30.3 Å². The lowest BCUT2D eigenvalue weighted by molar-refractivity contribution is 0.0857. The largest absolute Gasteiger partial charge is 0.444 e. The normalized spacial score (nSPS) is 16.0. The van der Waals surface area contributed by atoms with Gasteiger partial charge in [0, 0.05) is 24.4 Å². The van der Waals surface area contributed by atoms with Crippen LogP contribution in [-0.4, -0.2) is 36.2 Å². The second kappa shape index (κ2) is 9.12. The molecule has 2 amide bonds. The maximum atomic E-state index is 12.3. The second-order valence-corrected chi connectivity index (χ2v) is 7.13. The van der Waals surface area contributed by atoms with Crippen LogP contribution >= 0.6 is 28.1 Å². The quantitative estimate of drug-likeness (QED) is 0.604. The van der Waals surface area contributed by atoms with Crippen LogP contribution in [-0.2, 0) is 4.74 Å². The van der Waals surface area contributed by atoms with E-state index in [-0.39, 0.29) is 22.9 Å². The van der Waals surface area contributed by atoms with Gasteiger partial charge in [0.1, 0.15) is 0 Å². The molecule has 0 radical (unpaired) electrons. The lowest BCUT2D eigenvalue weighted by Gasteiger charge is -2.12. The molecule has 0 aliphatic carbocycles. The van der Waals surface area contributed by atoms with E-state index in [2.05, 4.69) is 31.9 Å². The van der Waals surface area contributed by atoms with E-state index in [1.165, 1.54) is 6.07 Å². The molecule has 2 heterocycles. The fourth-order valence-corrected chi connectivity index (χ4v) is 3.13. The van der Waals surface area contributed by atoms with Crippen molar-refractivity contribution >= 4 is 50.8 Å². The first-order chi connectivity index (χ1) is 13.0. The molecule has 27 heavy (non-hydrogen) atoms. The molecular formula is C18H18BrN3O4S. The minimum atomic E-state index is -0.469. The van der Waals surface area contributed by atoms with E-state index in [1.807, 2.05) is 0 Å². The SMILES string of the molecule is O=C(NCC1CCCO1)c1cccc(NC(=S)NC(=O)c2ccc(Br)o2)c1. The average Bonchev–Trinajstić information content (AvgIpc) is 3.31. The summed E-state index contributed by atoms with van der Waals surface area (Å²) in [5.41, 5.74) is 1.08. The summed E-state index contributed by atoms with van der Waals surface area (Å²) in [5.74, 6) is -0.526. The zero-order valence-electron chi connectivity index (χ0n) is 14.3. The summed E-state index contributed by atoms with van der Waals surface area (Å²) in [6.07, 6.45) is 2.07. The van der Waals surface area contributed by atoms with Crippen LogP contribution in [0.5, 0.6) is 0 Å². The van der Waals surface area contributed by atoms with Crippen LogP contribution in [0.2, 0.25) is 0 Å². The van der Waals surface area contributed by atoms with Gasteiger partial charge in [0.15, 0.2) is 15.5 Å². The summed E-state index contributed by atoms with van der Waals surface area (Å²) in [4.78, 5) is 24.3. The number of carbonyl (C=O) groups is 2. The topological polar surface area (TPSA) is 92.6 Å². The first-order valence-electron chi connectivity index (χ1n) is 8.39. The Morgan fingerprint density at radius 2 is 2.07 bits per heavy atom. The van der Waals surface area contributed by atoms with Gasteiger partial charge < -0.3 is 19.8 Å². The van der Waals surface area contributed by atoms with Crippen molar-refractivity contribution < 1.29 is 18.7 Å². The van der Waals surface area contributed by atoms with E-state index in [0.29, 0.717) is 22.5 Å². The molecule has 3 N–H and O–H groups in total. The minimum Gasteiger partial charge on any atom is -0.444 e. The maximum Gasteiger partial charge on any atom is 0.293 e. The van der Waals surface area contributed by atoms with E-state index in [9.17, 15) is 9.59 Å². The Morgan fingerprint density at radius 1 is 1.22 bits per heavy atom. The first-order valence-corrected chi connectivity index (χ1v) is 9.59. The van der Waals surface area contributed by atoms with Crippen LogP contribution in [0.3, 0.4) is 0 Å². The Morgan fingerprint density at radius 3 is 2.78 bits per heavy atom. The number of hydrogen-bond donors (Lipinski definition) is 3. The third kappa shape index (κ3) is 5.62. The van der Waals surface area contributed by atoms with Crippen LogP contribution in [0, 0.1) is 0 Å². The zero-order valence-corrected chi connectivity index (χ0v) is 16.7. The van der Waals surface area contributed by atoms with Crippen molar-refractivity contribution in [3.63, 3.8) is 0 Å². The van der Waals surface area contributed by atoms with Gasteiger partial charge >= 0.3 is 0 Å². The summed E-state index contributed by atoms with van der Waals surface area (Å²) in [7, 11) is 0. The highest BCUT2D eigenvalue weighted by Crippen LogP contribution is 2.15. The van der Waals surface area contributed by atoms with Crippen molar-refractivity contribution in [3.8, 4) is 0 Å². The molecule has 1 aromatic heterocycles. The van der Waals surface area contributed by atoms with E-state index in [0.717, 1.165) is 19.4 Å². The van der Waals surface area contributed by atoms with Crippen molar-refractivity contribution in [2.45, 2.75) is 18.9 Å². The highest BCUT2D eigenvalue weighted by atomic mass is 79.9. The minimum absolute atomic E-state index is 0.0830. The molecule has 7 nitrogen and oxygen atoms in total. The van der Waals surface area contributed by atoms with Gasteiger partial charge in [-0.3, -0.25) is 14.9 Å². The Hall–Kier alpha value is -2.23. The van der Waals surface area contributed by atoms with Crippen LogP contribution in [0.1, 0.15) is 33.8 Å². The van der Waals surface area contributed by atoms with Crippen molar-refractivity contribution in [2.75, 3.05) is 18.5 Å². The number of nitrogens with one attached hydrogen (secondary N) is 3. The lowest BCUT2D eigenvalue weighted by Crippen LogP contribution is -2.34. The lowest BCUT2D eigenvalue weighted by atomic mass is 10.1. The van der Waals surface area contributed by atoms with Gasteiger partial charge in [-0.05, 0) is 71.3 Å². The van der Waals surface area contributed by atoms with Gasteiger partial charge in [-0.15, -0.1) is 0 Å². The molecule has 142 valence electrons. The van der Waals surface area contributed by atoms with E-state index >= 15 is 0 Å². The van der Waals surface area contributed by atoms with Gasteiger partial charge in [-0.1, -0.05) is 6.07 Å². The third-order valence-corrected chi connectivity index (χ3v) is 4.55. The molecule has 1 atom stereocenters. The first kappa shape index (κ1) is 19.5. The molecule has 1 saturated heterocycles. The van der Waals surface area contributed by atoms with Crippen molar-refractivity contribution in [2.24, 2.45) is 0 Å². The fraction of sp³-hybridized carbons (Fsp3) is 0.278. The monoisotopic (exact) mass is 451 g/mol. The number of thiocarbonyl (C=S) groups is 1. The summed E-state index contributed by atoms with van der Waals surface area (Å²) >= 11 is 8.27. The molecule has 0 spiro atoms. The van der Waals surface area contributed by atoms with Crippen molar-refractivity contribution in [1.29, 1.82) is 0 Å². The van der Waals surface area contributed by atoms with Gasteiger partial charge in [0.2, 0.25) is 0 Å². The Balaban J connectivity index is 1.53. The third-order valence-electron chi connectivity index (χ3n) is 3.92. The van der Waals surface area contributed by atoms with Crippen molar-refractivity contribution in [3.05, 3.63) is 52.4 Å². The van der Waals surface area contributed by atoms with Crippen LogP contribution in [0.4, 0.5) is 5.69 Å². The highest BCUT2D eigenvalue weighted by Gasteiger charge is 2.17. The number of rotatable bonds is 5. The molecule has 1 fully saturated rings. The Bertz CT molecular complexity index is 849. The van der Waals surface area contributed by atoms with Crippen molar-refractivity contribution in [1.82, 2.24) is 10.6 Å².